The second kappa shape index (κ2) is 4.41. The zero-order valence-corrected chi connectivity index (χ0v) is 9.65. The molecule has 1 aromatic heterocycles. The Kier molecular flexibility index (Phi) is 2.95. The Bertz CT molecular complexity index is 625. The predicted molar refractivity (Wildman–Crippen MR) is 63.2 cm³/mol. The lowest BCUT2D eigenvalue weighted by atomic mass is 10.1. The molecule has 4 nitrogen and oxygen atoms in total. The minimum Gasteiger partial charge on any atom is -0.460 e. The van der Waals surface area contributed by atoms with E-state index in [1.807, 2.05) is 19.1 Å². The van der Waals surface area contributed by atoms with Crippen molar-refractivity contribution in [2.24, 2.45) is 0 Å². The first-order chi connectivity index (χ1) is 8.11. The first kappa shape index (κ1) is 11.4. The summed E-state index contributed by atoms with van der Waals surface area (Å²) < 4.78 is 9.71. The molecule has 0 aliphatic rings. The largest absolute Gasteiger partial charge is 0.460 e. The van der Waals surface area contributed by atoms with Crippen LogP contribution < -0.4 is 5.63 Å². The van der Waals surface area contributed by atoms with Crippen molar-refractivity contribution in [2.75, 3.05) is 6.61 Å². The summed E-state index contributed by atoms with van der Waals surface area (Å²) in [7, 11) is 0. The van der Waals surface area contributed by atoms with Crippen molar-refractivity contribution in [1.29, 1.82) is 0 Å². The van der Waals surface area contributed by atoms with Crippen molar-refractivity contribution in [2.45, 2.75) is 13.8 Å². The summed E-state index contributed by atoms with van der Waals surface area (Å²) in [6.07, 6.45) is 0. The van der Waals surface area contributed by atoms with E-state index in [0.717, 1.165) is 5.56 Å². The standard InChI is InChI=1S/C13H12O4/c1-3-16-13(15)11-7-9-6-8(2)4-5-10(9)12(14)17-11/h4-7H,3H2,1-2H3. The molecule has 0 fully saturated rings. The number of hydrogen-bond acceptors (Lipinski definition) is 4. The lowest BCUT2D eigenvalue weighted by Crippen LogP contribution is -2.09. The van der Waals surface area contributed by atoms with Gasteiger partial charge in [-0.15, -0.1) is 0 Å². The van der Waals surface area contributed by atoms with Crippen molar-refractivity contribution >= 4 is 16.7 Å². The van der Waals surface area contributed by atoms with E-state index in [-0.39, 0.29) is 12.4 Å². The number of fused-ring (bicyclic) bond motifs is 1. The third-order valence-electron chi connectivity index (χ3n) is 2.39. The maximum atomic E-state index is 11.6. The zero-order chi connectivity index (χ0) is 12.4. The Morgan fingerprint density at radius 3 is 2.82 bits per heavy atom. The molecule has 0 N–H and O–H groups in total. The number of carbonyl (C=O) groups excluding carboxylic acids is 1. The van der Waals surface area contributed by atoms with Crippen molar-refractivity contribution < 1.29 is 13.9 Å². The van der Waals surface area contributed by atoms with Gasteiger partial charge < -0.3 is 9.15 Å². The summed E-state index contributed by atoms with van der Waals surface area (Å²) in [5.41, 5.74) is 0.489. The Labute approximate surface area is 97.8 Å². The lowest BCUT2D eigenvalue weighted by Gasteiger charge is -2.02. The first-order valence-corrected chi connectivity index (χ1v) is 5.33. The molecular formula is C13H12O4. The smallest absolute Gasteiger partial charge is 0.374 e. The van der Waals surface area contributed by atoms with Gasteiger partial charge in [-0.3, -0.25) is 0 Å². The molecule has 0 amide bonds. The van der Waals surface area contributed by atoms with Crippen LogP contribution in [0.5, 0.6) is 0 Å². The van der Waals surface area contributed by atoms with E-state index in [2.05, 4.69) is 0 Å². The van der Waals surface area contributed by atoms with Crippen LogP contribution in [0.25, 0.3) is 10.8 Å². The van der Waals surface area contributed by atoms with Gasteiger partial charge in [-0.25, -0.2) is 9.59 Å². The molecule has 1 aromatic carbocycles. The van der Waals surface area contributed by atoms with E-state index in [1.54, 1.807) is 13.0 Å². The van der Waals surface area contributed by atoms with Crippen LogP contribution in [0, 0.1) is 6.92 Å². The fourth-order valence-electron chi connectivity index (χ4n) is 1.62. The Hall–Kier alpha value is -2.10. The molecule has 0 bridgehead atoms. The van der Waals surface area contributed by atoms with E-state index in [1.165, 1.54) is 6.07 Å². The van der Waals surface area contributed by atoms with Crippen LogP contribution >= 0.6 is 0 Å². The van der Waals surface area contributed by atoms with Gasteiger partial charge in [-0.2, -0.15) is 0 Å². The van der Waals surface area contributed by atoms with Crippen molar-refractivity contribution in [3.63, 3.8) is 0 Å². The van der Waals surface area contributed by atoms with E-state index < -0.39 is 11.6 Å². The molecule has 0 unspecified atom stereocenters. The Balaban J connectivity index is 2.61. The predicted octanol–water partition coefficient (Wildman–Crippen LogP) is 2.28. The summed E-state index contributed by atoms with van der Waals surface area (Å²) in [6.45, 7) is 3.85. The van der Waals surface area contributed by atoms with Gasteiger partial charge in [0, 0.05) is 0 Å². The highest BCUT2D eigenvalue weighted by Gasteiger charge is 2.12. The van der Waals surface area contributed by atoms with Crippen molar-refractivity contribution in [3.8, 4) is 0 Å². The van der Waals surface area contributed by atoms with E-state index in [4.69, 9.17) is 9.15 Å². The monoisotopic (exact) mass is 232 g/mol. The number of rotatable bonds is 2. The number of aryl methyl sites for hydroxylation is 1. The third-order valence-corrected chi connectivity index (χ3v) is 2.39. The molecule has 17 heavy (non-hydrogen) atoms. The van der Waals surface area contributed by atoms with Gasteiger partial charge in [0.15, 0.2) is 0 Å². The highest BCUT2D eigenvalue weighted by atomic mass is 16.5. The van der Waals surface area contributed by atoms with Gasteiger partial charge in [0.1, 0.15) is 0 Å². The van der Waals surface area contributed by atoms with Gasteiger partial charge in [0.05, 0.1) is 12.0 Å². The van der Waals surface area contributed by atoms with Gasteiger partial charge in [-0.05, 0) is 31.4 Å². The number of benzene rings is 1. The van der Waals surface area contributed by atoms with E-state index in [0.29, 0.717) is 10.8 Å². The average Bonchev–Trinajstić information content (AvgIpc) is 2.28. The normalized spacial score (nSPS) is 10.5. The topological polar surface area (TPSA) is 56.5 Å². The maximum Gasteiger partial charge on any atom is 0.374 e. The van der Waals surface area contributed by atoms with Crippen LogP contribution in [0.3, 0.4) is 0 Å². The SMILES string of the molecule is CCOC(=O)c1cc2cc(C)ccc2c(=O)o1. The molecule has 4 heteroatoms. The quantitative estimate of drug-likeness (QED) is 0.745. The number of hydrogen-bond donors (Lipinski definition) is 0. The molecule has 88 valence electrons. The minimum absolute atomic E-state index is 0.0602. The van der Waals surface area contributed by atoms with Gasteiger partial charge in [0.2, 0.25) is 5.76 Å². The molecule has 0 saturated heterocycles. The molecule has 0 spiro atoms. The Morgan fingerprint density at radius 2 is 2.12 bits per heavy atom. The van der Waals surface area contributed by atoms with E-state index >= 15 is 0 Å². The maximum absolute atomic E-state index is 11.6. The summed E-state index contributed by atoms with van der Waals surface area (Å²) in [5.74, 6) is -0.678. The Morgan fingerprint density at radius 1 is 1.35 bits per heavy atom. The van der Waals surface area contributed by atoms with E-state index in [9.17, 15) is 9.59 Å². The third kappa shape index (κ3) is 2.20. The van der Waals surface area contributed by atoms with Gasteiger partial charge >= 0.3 is 11.6 Å². The number of carbonyl (C=O) groups is 1. The van der Waals surface area contributed by atoms with Crippen LogP contribution in [0.2, 0.25) is 0 Å². The first-order valence-electron chi connectivity index (χ1n) is 5.33. The molecule has 2 aromatic rings. The summed E-state index contributed by atoms with van der Waals surface area (Å²) in [6, 6.07) is 6.87. The van der Waals surface area contributed by atoms with Crippen molar-refractivity contribution in [3.05, 3.63) is 46.0 Å². The summed E-state index contributed by atoms with van der Waals surface area (Å²) >= 11 is 0. The van der Waals surface area contributed by atoms with Gasteiger partial charge in [-0.1, -0.05) is 17.7 Å². The molecule has 0 atom stereocenters. The molecule has 2 rings (SSSR count). The second-order valence-electron chi connectivity index (χ2n) is 3.71. The van der Waals surface area contributed by atoms with Crippen LogP contribution in [-0.2, 0) is 4.74 Å². The second-order valence-corrected chi connectivity index (χ2v) is 3.71. The lowest BCUT2D eigenvalue weighted by molar-refractivity contribution is 0.0485. The average molecular weight is 232 g/mol. The molecule has 1 heterocycles. The minimum atomic E-state index is -0.618. The fraction of sp³-hybridized carbons (Fsp3) is 0.231. The highest BCUT2D eigenvalue weighted by molar-refractivity contribution is 5.91. The van der Waals surface area contributed by atoms with Crippen molar-refractivity contribution in [1.82, 2.24) is 0 Å². The summed E-state index contributed by atoms with van der Waals surface area (Å²) in [4.78, 5) is 23.1. The molecular weight excluding hydrogens is 220 g/mol. The molecule has 0 radical (unpaired) electrons. The van der Waals surface area contributed by atoms with Crippen LogP contribution in [0.4, 0.5) is 0 Å². The van der Waals surface area contributed by atoms with Crippen LogP contribution in [0.1, 0.15) is 23.0 Å². The van der Waals surface area contributed by atoms with Crippen LogP contribution in [-0.4, -0.2) is 12.6 Å². The molecule has 0 aliphatic heterocycles. The van der Waals surface area contributed by atoms with Crippen LogP contribution in [0.15, 0.2) is 33.5 Å². The van der Waals surface area contributed by atoms with Gasteiger partial charge in [0.25, 0.3) is 0 Å². The zero-order valence-electron chi connectivity index (χ0n) is 9.65. The molecule has 0 saturated carbocycles. The number of ether oxygens (including phenoxy) is 1. The molecule has 0 aliphatic carbocycles. The number of esters is 1. The summed E-state index contributed by atoms with van der Waals surface area (Å²) in [5, 5.41) is 1.15. The fourth-order valence-corrected chi connectivity index (χ4v) is 1.62. The highest BCUT2D eigenvalue weighted by Crippen LogP contribution is 2.14.